The van der Waals surface area contributed by atoms with Crippen molar-refractivity contribution in [2.75, 3.05) is 13.2 Å². The molecule has 22 heavy (non-hydrogen) atoms. The third-order valence-electron chi connectivity index (χ3n) is 5.17. The van der Waals surface area contributed by atoms with Crippen LogP contribution < -0.4 is 0 Å². The molecule has 0 fully saturated rings. The van der Waals surface area contributed by atoms with E-state index in [4.69, 9.17) is 8.85 Å². The van der Waals surface area contributed by atoms with Gasteiger partial charge in [0.1, 0.15) is 0 Å². The van der Waals surface area contributed by atoms with Crippen molar-refractivity contribution in [2.24, 2.45) is 0 Å². The van der Waals surface area contributed by atoms with E-state index in [0.29, 0.717) is 0 Å². The van der Waals surface area contributed by atoms with Crippen LogP contribution in [-0.2, 0) is 8.85 Å². The second-order valence-corrected chi connectivity index (χ2v) is 20.1. The van der Waals surface area contributed by atoms with Crippen molar-refractivity contribution in [2.45, 2.75) is 84.2 Å². The van der Waals surface area contributed by atoms with E-state index in [1.54, 1.807) is 0 Å². The van der Waals surface area contributed by atoms with E-state index < -0.39 is 16.6 Å². The second kappa shape index (κ2) is 8.27. The fourth-order valence-corrected chi connectivity index (χ4v) is 3.66. The molecule has 0 aliphatic rings. The van der Waals surface area contributed by atoms with E-state index in [1.807, 2.05) is 0 Å². The van der Waals surface area contributed by atoms with Crippen LogP contribution in [0.15, 0.2) is 9.66 Å². The van der Waals surface area contributed by atoms with E-state index in [9.17, 15) is 0 Å². The molecule has 0 aromatic carbocycles. The Morgan fingerprint density at radius 1 is 0.864 bits per heavy atom. The summed E-state index contributed by atoms with van der Waals surface area (Å²) in [7, 11) is -3.24. The molecule has 0 bridgehead atoms. The number of halogens is 1. The third-order valence-corrected chi connectivity index (χ3v) is 15.2. The first-order valence-corrected chi connectivity index (χ1v) is 15.1. The minimum atomic E-state index is -1.63. The Bertz CT molecular complexity index is 377. The summed E-state index contributed by atoms with van der Waals surface area (Å²) in [6.07, 6.45) is 3.21. The van der Waals surface area contributed by atoms with Gasteiger partial charge in [-0.3, -0.25) is 0 Å². The summed E-state index contributed by atoms with van der Waals surface area (Å²) in [5.41, 5.74) is 0. The van der Waals surface area contributed by atoms with Crippen LogP contribution >= 0.6 is 22.6 Å². The van der Waals surface area contributed by atoms with Gasteiger partial charge >= 0.3 is 0 Å². The lowest BCUT2D eigenvalue weighted by atomic mass is 10.2. The molecule has 132 valence electrons. The molecule has 0 aliphatic heterocycles. The first kappa shape index (κ1) is 22.8. The zero-order valence-corrected chi connectivity index (χ0v) is 20.6. The fraction of sp³-hybridized carbons (Fsp3) is 0.882. The van der Waals surface area contributed by atoms with E-state index >= 15 is 0 Å². The molecule has 0 radical (unpaired) electrons. The normalized spacial score (nSPS) is 15.3. The van der Waals surface area contributed by atoms with Gasteiger partial charge in [-0.2, -0.15) is 0 Å². The van der Waals surface area contributed by atoms with Crippen molar-refractivity contribution in [1.82, 2.24) is 0 Å². The average Bonchev–Trinajstić information content (AvgIpc) is 2.25. The van der Waals surface area contributed by atoms with E-state index in [0.717, 1.165) is 19.6 Å². The highest BCUT2D eigenvalue weighted by molar-refractivity contribution is 14.1. The summed E-state index contributed by atoms with van der Waals surface area (Å²) in [6.45, 7) is 24.5. The molecule has 0 saturated carbocycles. The van der Waals surface area contributed by atoms with Gasteiger partial charge in [-0.05, 0) is 62.4 Å². The predicted molar refractivity (Wildman–Crippen MR) is 113 cm³/mol. The van der Waals surface area contributed by atoms with Gasteiger partial charge in [0.05, 0.1) is 6.61 Å². The molecule has 0 aromatic heterocycles. The molecule has 0 amide bonds. The van der Waals surface area contributed by atoms with E-state index in [-0.39, 0.29) is 10.1 Å². The van der Waals surface area contributed by atoms with Gasteiger partial charge in [-0.25, -0.2) is 0 Å². The summed E-state index contributed by atoms with van der Waals surface area (Å²) >= 11 is 2.42. The number of hydrogen-bond acceptors (Lipinski definition) is 2. The van der Waals surface area contributed by atoms with Crippen LogP contribution in [0.3, 0.4) is 0 Å². The molecule has 0 aliphatic carbocycles. The zero-order chi connectivity index (χ0) is 17.8. The van der Waals surface area contributed by atoms with Gasteiger partial charge < -0.3 is 8.85 Å². The highest BCUT2D eigenvalue weighted by atomic mass is 127. The molecular formula is C17H37IO2Si2. The standard InChI is InChI=1S/C17H37IO2Si2/c1-16(2,3)21(7,8)19-13-11-15(18)12-14-20-22(9,10)17(4,5)6/h11H,12-14H2,1-10H3/b15-11-. The van der Waals surface area contributed by atoms with Crippen LogP contribution in [0.2, 0.25) is 36.3 Å². The van der Waals surface area contributed by atoms with Crippen LogP contribution in [0.4, 0.5) is 0 Å². The Kier molecular flexibility index (Phi) is 8.58. The summed E-state index contributed by atoms with van der Waals surface area (Å²) in [4.78, 5) is 0. The Hall–Kier alpha value is 0.824. The van der Waals surface area contributed by atoms with Gasteiger partial charge in [0, 0.05) is 13.0 Å². The van der Waals surface area contributed by atoms with Crippen LogP contribution in [0.1, 0.15) is 48.0 Å². The summed E-state index contributed by atoms with van der Waals surface area (Å²) in [5, 5.41) is 0.561. The minimum Gasteiger partial charge on any atom is -0.416 e. The van der Waals surface area contributed by atoms with E-state index in [1.165, 1.54) is 3.58 Å². The van der Waals surface area contributed by atoms with Crippen LogP contribution in [0, 0.1) is 0 Å². The maximum absolute atomic E-state index is 6.23. The smallest absolute Gasteiger partial charge is 0.192 e. The maximum Gasteiger partial charge on any atom is 0.192 e. The zero-order valence-electron chi connectivity index (χ0n) is 16.4. The molecule has 0 spiro atoms. The number of hydrogen-bond donors (Lipinski definition) is 0. The van der Waals surface area contributed by atoms with Gasteiger partial charge in [0.25, 0.3) is 0 Å². The Morgan fingerprint density at radius 2 is 1.27 bits per heavy atom. The van der Waals surface area contributed by atoms with Crippen molar-refractivity contribution in [3.05, 3.63) is 9.66 Å². The minimum absolute atomic E-state index is 0.276. The Balaban J connectivity index is 4.28. The van der Waals surface area contributed by atoms with Crippen molar-refractivity contribution in [3.63, 3.8) is 0 Å². The molecule has 0 aromatic rings. The first-order valence-electron chi connectivity index (χ1n) is 8.23. The van der Waals surface area contributed by atoms with Gasteiger partial charge in [0.2, 0.25) is 0 Å². The quantitative estimate of drug-likeness (QED) is 0.312. The molecule has 2 nitrogen and oxygen atoms in total. The Morgan fingerprint density at radius 3 is 1.68 bits per heavy atom. The average molecular weight is 457 g/mol. The first-order chi connectivity index (χ1) is 9.60. The lowest BCUT2D eigenvalue weighted by molar-refractivity contribution is 0.293. The van der Waals surface area contributed by atoms with Gasteiger partial charge in [0.15, 0.2) is 16.6 Å². The molecule has 0 rings (SSSR count). The van der Waals surface area contributed by atoms with Crippen LogP contribution in [0.5, 0.6) is 0 Å². The third kappa shape index (κ3) is 7.60. The summed E-state index contributed by atoms with van der Waals surface area (Å²) in [5.74, 6) is 0. The summed E-state index contributed by atoms with van der Waals surface area (Å²) in [6, 6.07) is 0. The fourth-order valence-electron chi connectivity index (χ4n) is 1.28. The van der Waals surface area contributed by atoms with E-state index in [2.05, 4.69) is 96.4 Å². The molecule has 0 saturated heterocycles. The number of rotatable bonds is 7. The largest absolute Gasteiger partial charge is 0.416 e. The van der Waals surface area contributed by atoms with Crippen LogP contribution in [-0.4, -0.2) is 29.8 Å². The lowest BCUT2D eigenvalue weighted by Gasteiger charge is -2.36. The van der Waals surface area contributed by atoms with Crippen molar-refractivity contribution in [3.8, 4) is 0 Å². The molecule has 0 atom stereocenters. The van der Waals surface area contributed by atoms with Crippen molar-refractivity contribution >= 4 is 39.2 Å². The topological polar surface area (TPSA) is 18.5 Å². The van der Waals surface area contributed by atoms with Gasteiger partial charge in [-0.15, -0.1) is 0 Å². The predicted octanol–water partition coefficient (Wildman–Crippen LogP) is 6.74. The maximum atomic E-state index is 6.23. The summed E-state index contributed by atoms with van der Waals surface area (Å²) < 4.78 is 13.8. The molecule has 0 heterocycles. The second-order valence-electron chi connectivity index (χ2n) is 9.08. The van der Waals surface area contributed by atoms with Gasteiger partial charge in [-0.1, -0.05) is 47.6 Å². The molecule has 5 heteroatoms. The lowest BCUT2D eigenvalue weighted by Crippen LogP contribution is -2.41. The molecule has 0 N–H and O–H groups in total. The molecular weight excluding hydrogens is 419 g/mol. The molecule has 0 unspecified atom stereocenters. The highest BCUT2D eigenvalue weighted by Crippen LogP contribution is 2.37. The van der Waals surface area contributed by atoms with Crippen LogP contribution in [0.25, 0.3) is 0 Å². The van der Waals surface area contributed by atoms with Crippen molar-refractivity contribution in [1.29, 1.82) is 0 Å². The Labute approximate surface area is 154 Å². The SMILES string of the molecule is CC(C)(C)[Si](C)(C)OC/C=C(\I)CCO[Si](C)(C)C(C)(C)C. The monoisotopic (exact) mass is 456 g/mol. The van der Waals surface area contributed by atoms with Crippen molar-refractivity contribution < 1.29 is 8.85 Å². The highest BCUT2D eigenvalue weighted by Gasteiger charge is 2.37.